The standard InChI is InChI=1S/C30H31F2N5OS.C3H8.C2H6/c1-5-15(2)23-19(11-35-17(4)37-9-6-16(3)30(37)7-8-30)20-13-38-14-21(20)24(26(23)32)27-25-18(10-33)29(34)39-28(25)22(31)12-36-27;1-3-2;1-2/h11-12,16H,5-9,13-14,34H2,1-4H3;3H2,1-2H3;1-2H3/b19-11-,23-15?,35-17?;;. The molecule has 2 N–H and O–H groups in total. The number of benzene rings is 1. The lowest BCUT2D eigenvalue weighted by Crippen LogP contribution is -2.38. The molecule has 2 fully saturated rings. The molecule has 0 amide bonds. The first-order valence-electron chi connectivity index (χ1n) is 15.8. The summed E-state index contributed by atoms with van der Waals surface area (Å²) in [5.41, 5.74) is 9.24. The van der Waals surface area contributed by atoms with Crippen molar-refractivity contribution in [3.63, 3.8) is 0 Å². The van der Waals surface area contributed by atoms with Crippen molar-refractivity contribution in [2.24, 2.45) is 10.9 Å². The second-order valence-corrected chi connectivity index (χ2v) is 12.7. The number of aromatic nitrogens is 1. The van der Waals surface area contributed by atoms with E-state index in [1.54, 1.807) is 6.20 Å². The van der Waals surface area contributed by atoms with Crippen molar-refractivity contribution in [1.29, 1.82) is 5.26 Å². The average molecular weight is 622 g/mol. The summed E-state index contributed by atoms with van der Waals surface area (Å²) in [5.74, 6) is 0.549. The minimum Gasteiger partial charge on any atom is -0.389 e. The molecule has 1 unspecified atom stereocenters. The summed E-state index contributed by atoms with van der Waals surface area (Å²) in [6, 6.07) is 2.07. The number of nitriles is 1. The molecule has 3 aliphatic rings. The van der Waals surface area contributed by atoms with E-state index in [9.17, 15) is 9.65 Å². The van der Waals surface area contributed by atoms with Crippen LogP contribution in [0.3, 0.4) is 0 Å². The van der Waals surface area contributed by atoms with E-state index in [4.69, 9.17) is 15.5 Å². The zero-order valence-electron chi connectivity index (χ0n) is 27.3. The maximum atomic E-state index is 16.8. The Bertz CT molecular complexity index is 1750. The van der Waals surface area contributed by atoms with Gasteiger partial charge < -0.3 is 15.4 Å². The fourth-order valence-electron chi connectivity index (χ4n) is 6.47. The molecule has 1 saturated carbocycles. The van der Waals surface area contributed by atoms with Crippen LogP contribution in [0.1, 0.15) is 104 Å². The van der Waals surface area contributed by atoms with Gasteiger partial charge in [-0.2, -0.15) is 5.26 Å². The zero-order valence-corrected chi connectivity index (χ0v) is 28.1. The molecule has 1 aromatic carbocycles. The third kappa shape index (κ3) is 5.63. The maximum Gasteiger partial charge on any atom is 0.159 e. The van der Waals surface area contributed by atoms with Crippen LogP contribution in [-0.4, -0.2) is 27.8 Å². The summed E-state index contributed by atoms with van der Waals surface area (Å²) in [6.07, 6.45) is 8.29. The van der Waals surface area contributed by atoms with Gasteiger partial charge in [0.1, 0.15) is 22.7 Å². The molecule has 1 saturated heterocycles. The van der Waals surface area contributed by atoms with Crippen LogP contribution < -0.4 is 16.2 Å². The first-order valence-corrected chi connectivity index (χ1v) is 16.7. The van der Waals surface area contributed by atoms with Gasteiger partial charge in [0.25, 0.3) is 0 Å². The first kappa shape index (κ1) is 33.5. The normalized spacial score (nSPS) is 19.3. The number of aliphatic imine (C=N–C) groups is 1. The molecule has 2 aliphatic heterocycles. The van der Waals surface area contributed by atoms with Crippen LogP contribution >= 0.6 is 11.3 Å². The molecule has 1 atom stereocenters. The van der Waals surface area contributed by atoms with Crippen LogP contribution in [0.4, 0.5) is 13.8 Å². The second-order valence-electron chi connectivity index (χ2n) is 11.6. The summed E-state index contributed by atoms with van der Waals surface area (Å²) < 4.78 is 37.6. The largest absolute Gasteiger partial charge is 0.389 e. The fourth-order valence-corrected chi connectivity index (χ4v) is 7.39. The average Bonchev–Trinajstić information content (AvgIpc) is 3.36. The number of anilines is 1. The third-order valence-corrected chi connectivity index (χ3v) is 10.00. The predicted molar refractivity (Wildman–Crippen MR) is 179 cm³/mol. The van der Waals surface area contributed by atoms with Gasteiger partial charge in [-0.15, -0.1) is 11.3 Å². The summed E-state index contributed by atoms with van der Waals surface area (Å²) in [5, 5.41) is 11.4. The van der Waals surface area contributed by atoms with E-state index >= 15 is 4.39 Å². The number of nitrogens with two attached hydrogens (primary N) is 1. The van der Waals surface area contributed by atoms with Crippen LogP contribution in [0.25, 0.3) is 33.1 Å². The van der Waals surface area contributed by atoms with Gasteiger partial charge in [-0.25, -0.2) is 13.8 Å². The Balaban J connectivity index is 0.000000834. The van der Waals surface area contributed by atoms with Crippen LogP contribution in [0.2, 0.25) is 0 Å². The lowest BCUT2D eigenvalue weighted by molar-refractivity contribution is 0.134. The van der Waals surface area contributed by atoms with Crippen molar-refractivity contribution in [2.75, 3.05) is 12.3 Å². The van der Waals surface area contributed by atoms with E-state index < -0.39 is 11.6 Å². The summed E-state index contributed by atoms with van der Waals surface area (Å²) >= 11 is 0.977. The molecule has 9 heteroatoms. The number of fused-ring (bicyclic) bond motifs is 2. The zero-order chi connectivity index (χ0) is 32.3. The molecule has 3 aromatic rings. The smallest absolute Gasteiger partial charge is 0.159 e. The monoisotopic (exact) mass is 621 g/mol. The number of amidine groups is 1. The summed E-state index contributed by atoms with van der Waals surface area (Å²) in [7, 11) is 0. The third-order valence-electron chi connectivity index (χ3n) is 8.97. The molecular formula is C35H45F2N5OS. The van der Waals surface area contributed by atoms with E-state index in [-0.39, 0.29) is 44.1 Å². The SMILES string of the molecule is CC.CCC.CCC(C)=c1c(F)c(-c2ncc(F)c3sc(N)c(C#N)c23)c2c(/c1=C/N=C(C)N1CCC(C)C13CC3)COC2. The van der Waals surface area contributed by atoms with E-state index in [1.165, 1.54) is 19.3 Å². The van der Waals surface area contributed by atoms with E-state index in [1.807, 2.05) is 34.6 Å². The molecule has 1 aliphatic carbocycles. The molecule has 236 valence electrons. The molecule has 2 aromatic heterocycles. The van der Waals surface area contributed by atoms with Gasteiger partial charge >= 0.3 is 0 Å². The van der Waals surface area contributed by atoms with Crippen LogP contribution in [0.5, 0.6) is 0 Å². The minimum atomic E-state index is -0.587. The van der Waals surface area contributed by atoms with Crippen molar-refractivity contribution >= 4 is 44.0 Å². The van der Waals surface area contributed by atoms with E-state index in [0.717, 1.165) is 47.5 Å². The summed E-state index contributed by atoms with van der Waals surface area (Å²) in [6.45, 7) is 18.0. The van der Waals surface area contributed by atoms with Gasteiger partial charge in [0.2, 0.25) is 0 Å². The highest BCUT2D eigenvalue weighted by atomic mass is 32.1. The molecule has 6 nitrogen and oxygen atoms in total. The van der Waals surface area contributed by atoms with Crippen LogP contribution in [0.15, 0.2) is 11.2 Å². The molecule has 0 bridgehead atoms. The number of likely N-dealkylation sites (tertiary alicyclic amines) is 1. The lowest BCUT2D eigenvalue weighted by Gasteiger charge is -2.28. The van der Waals surface area contributed by atoms with Gasteiger partial charge in [0.05, 0.1) is 35.4 Å². The molecule has 44 heavy (non-hydrogen) atoms. The van der Waals surface area contributed by atoms with Gasteiger partial charge in [0.15, 0.2) is 5.82 Å². The highest BCUT2D eigenvalue weighted by molar-refractivity contribution is 7.23. The van der Waals surface area contributed by atoms with Crippen molar-refractivity contribution in [1.82, 2.24) is 9.88 Å². The second kappa shape index (κ2) is 13.7. The van der Waals surface area contributed by atoms with Gasteiger partial charge in [-0.3, -0.25) is 4.98 Å². The van der Waals surface area contributed by atoms with Crippen molar-refractivity contribution in [3.8, 4) is 17.3 Å². The molecule has 1 spiro atoms. The Labute approximate surface area is 264 Å². The number of halogens is 2. The molecule has 4 heterocycles. The van der Waals surface area contributed by atoms with E-state index in [0.29, 0.717) is 34.9 Å². The Morgan fingerprint density at radius 1 is 1.23 bits per heavy atom. The Morgan fingerprint density at radius 2 is 1.89 bits per heavy atom. The lowest BCUT2D eigenvalue weighted by atomic mass is 9.92. The number of ether oxygens (including phenoxy) is 1. The number of rotatable bonds is 3. The fraction of sp³-hybridized carbons (Fsp3) is 0.514. The highest BCUT2D eigenvalue weighted by Crippen LogP contribution is 2.53. The first-order chi connectivity index (χ1) is 21.1. The molecule has 6 rings (SSSR count). The molecule has 0 radical (unpaired) electrons. The number of pyridine rings is 1. The van der Waals surface area contributed by atoms with Crippen molar-refractivity contribution in [3.05, 3.63) is 45.0 Å². The van der Waals surface area contributed by atoms with E-state index in [2.05, 4.69) is 36.7 Å². The topological polar surface area (TPSA) is 87.5 Å². The minimum absolute atomic E-state index is 0.117. The maximum absolute atomic E-state index is 16.8. The van der Waals surface area contributed by atoms with Gasteiger partial charge in [-0.1, -0.05) is 53.5 Å². The summed E-state index contributed by atoms with van der Waals surface area (Å²) in [4.78, 5) is 11.6. The Hall–Kier alpha value is -3.35. The number of thiophene rings is 1. The number of hydrogen-bond donors (Lipinski definition) is 1. The van der Waals surface area contributed by atoms with Crippen LogP contribution in [0, 0.1) is 28.9 Å². The van der Waals surface area contributed by atoms with Gasteiger partial charge in [0, 0.05) is 39.7 Å². The number of nitrogens with zero attached hydrogens (tertiary/aromatic N) is 4. The Morgan fingerprint density at radius 3 is 2.50 bits per heavy atom. The quantitative estimate of drug-likeness (QED) is 0.238. The number of nitrogen functional groups attached to an aromatic ring is 1. The number of hydrogen-bond acceptors (Lipinski definition) is 6. The predicted octanol–water partition coefficient (Wildman–Crippen LogP) is 7.78. The molecular weight excluding hydrogens is 576 g/mol. The van der Waals surface area contributed by atoms with Crippen molar-refractivity contribution in [2.45, 2.75) is 106 Å². The van der Waals surface area contributed by atoms with Crippen LogP contribution in [-0.2, 0) is 18.0 Å². The van der Waals surface area contributed by atoms with Crippen molar-refractivity contribution < 1.29 is 13.5 Å². The Kier molecular flexibility index (Phi) is 10.5. The highest BCUT2D eigenvalue weighted by Gasteiger charge is 2.55. The van der Waals surface area contributed by atoms with Gasteiger partial charge in [-0.05, 0) is 56.6 Å².